The number of amides is 1. The summed E-state index contributed by atoms with van der Waals surface area (Å²) >= 11 is 5.97. The molecule has 0 aliphatic rings. The maximum Gasteiger partial charge on any atom is 0.244 e. The van der Waals surface area contributed by atoms with Gasteiger partial charge in [0, 0.05) is 10.6 Å². The van der Waals surface area contributed by atoms with Crippen molar-refractivity contribution in [1.29, 1.82) is 0 Å². The SMILES string of the molecule is CC(NC(=O)Cn1nnc(-c2ccccc2)n1)c1cccc(Cl)c1. The van der Waals surface area contributed by atoms with E-state index in [-0.39, 0.29) is 18.5 Å². The maximum absolute atomic E-state index is 12.2. The topological polar surface area (TPSA) is 72.7 Å². The fraction of sp³-hybridized carbons (Fsp3) is 0.176. The highest BCUT2D eigenvalue weighted by molar-refractivity contribution is 6.30. The lowest BCUT2D eigenvalue weighted by molar-refractivity contribution is -0.122. The molecule has 2 aromatic carbocycles. The van der Waals surface area contributed by atoms with Crippen molar-refractivity contribution in [2.24, 2.45) is 0 Å². The Bertz CT molecular complexity index is 834. The molecule has 3 aromatic rings. The summed E-state index contributed by atoms with van der Waals surface area (Å²) in [6.07, 6.45) is 0. The van der Waals surface area contributed by atoms with Gasteiger partial charge in [0.25, 0.3) is 0 Å². The van der Waals surface area contributed by atoms with Gasteiger partial charge >= 0.3 is 0 Å². The first-order valence-corrected chi connectivity index (χ1v) is 7.87. The van der Waals surface area contributed by atoms with Crippen molar-refractivity contribution >= 4 is 17.5 Å². The molecule has 0 saturated heterocycles. The average molecular weight is 342 g/mol. The molecular formula is C17H16ClN5O. The molecule has 1 aromatic heterocycles. The van der Waals surface area contributed by atoms with E-state index in [2.05, 4.69) is 20.7 Å². The van der Waals surface area contributed by atoms with Crippen LogP contribution >= 0.6 is 11.6 Å². The lowest BCUT2D eigenvalue weighted by atomic mass is 10.1. The number of benzene rings is 2. The molecule has 122 valence electrons. The third-order valence-electron chi connectivity index (χ3n) is 3.50. The Kier molecular flexibility index (Phi) is 4.86. The van der Waals surface area contributed by atoms with Gasteiger partial charge in [-0.1, -0.05) is 54.1 Å². The largest absolute Gasteiger partial charge is 0.348 e. The van der Waals surface area contributed by atoms with Gasteiger partial charge in [0.15, 0.2) is 0 Å². The van der Waals surface area contributed by atoms with Crippen LogP contribution in [0.4, 0.5) is 0 Å². The van der Waals surface area contributed by atoms with Crippen molar-refractivity contribution in [3.8, 4) is 11.4 Å². The van der Waals surface area contributed by atoms with E-state index < -0.39 is 0 Å². The zero-order chi connectivity index (χ0) is 16.9. The second-order valence-corrected chi connectivity index (χ2v) is 5.79. The lowest BCUT2D eigenvalue weighted by Crippen LogP contribution is -2.30. The molecule has 0 fully saturated rings. The molecule has 24 heavy (non-hydrogen) atoms. The monoisotopic (exact) mass is 341 g/mol. The summed E-state index contributed by atoms with van der Waals surface area (Å²) in [6, 6.07) is 16.7. The number of tetrazole rings is 1. The Morgan fingerprint density at radius 3 is 2.75 bits per heavy atom. The quantitative estimate of drug-likeness (QED) is 0.774. The Labute approximate surface area is 144 Å². The van der Waals surface area contributed by atoms with Crippen LogP contribution < -0.4 is 5.32 Å². The van der Waals surface area contributed by atoms with Gasteiger partial charge in [0.1, 0.15) is 6.54 Å². The van der Waals surface area contributed by atoms with Gasteiger partial charge in [0.2, 0.25) is 11.7 Å². The molecule has 0 spiro atoms. The second-order valence-electron chi connectivity index (χ2n) is 5.35. The first kappa shape index (κ1) is 16.1. The van der Waals surface area contributed by atoms with Gasteiger partial charge in [-0.15, -0.1) is 10.2 Å². The van der Waals surface area contributed by atoms with Gasteiger partial charge in [-0.25, -0.2) is 0 Å². The van der Waals surface area contributed by atoms with Crippen molar-refractivity contribution in [3.05, 3.63) is 65.2 Å². The van der Waals surface area contributed by atoms with E-state index in [0.29, 0.717) is 10.8 Å². The normalized spacial score (nSPS) is 11.9. The van der Waals surface area contributed by atoms with E-state index in [0.717, 1.165) is 11.1 Å². The van der Waals surface area contributed by atoms with Crippen molar-refractivity contribution in [2.75, 3.05) is 0 Å². The Morgan fingerprint density at radius 1 is 1.21 bits per heavy atom. The minimum atomic E-state index is -0.195. The molecule has 1 unspecified atom stereocenters. The molecule has 7 heteroatoms. The van der Waals surface area contributed by atoms with Crippen LogP contribution in [-0.2, 0) is 11.3 Å². The van der Waals surface area contributed by atoms with Crippen molar-refractivity contribution in [1.82, 2.24) is 25.5 Å². The van der Waals surface area contributed by atoms with Crippen molar-refractivity contribution in [3.63, 3.8) is 0 Å². The van der Waals surface area contributed by atoms with Crippen LogP contribution in [0.1, 0.15) is 18.5 Å². The number of halogens is 1. The van der Waals surface area contributed by atoms with E-state index in [1.165, 1.54) is 4.80 Å². The van der Waals surface area contributed by atoms with Gasteiger partial charge in [-0.05, 0) is 29.8 Å². The predicted molar refractivity (Wildman–Crippen MR) is 91.3 cm³/mol. The number of nitrogens with one attached hydrogen (secondary N) is 1. The number of carbonyl (C=O) groups excluding carboxylic acids is 1. The lowest BCUT2D eigenvalue weighted by Gasteiger charge is -2.14. The highest BCUT2D eigenvalue weighted by Gasteiger charge is 2.12. The number of nitrogens with zero attached hydrogens (tertiary/aromatic N) is 4. The summed E-state index contributed by atoms with van der Waals surface area (Å²) in [5.74, 6) is 0.297. The number of rotatable bonds is 5. The van der Waals surface area contributed by atoms with Crippen LogP contribution in [0.25, 0.3) is 11.4 Å². The second kappa shape index (κ2) is 7.23. The van der Waals surface area contributed by atoms with E-state index in [1.54, 1.807) is 6.07 Å². The molecule has 1 amide bonds. The van der Waals surface area contributed by atoms with Crippen LogP contribution in [0.2, 0.25) is 5.02 Å². The van der Waals surface area contributed by atoms with Crippen LogP contribution in [0.15, 0.2) is 54.6 Å². The molecule has 1 N–H and O–H groups in total. The number of aromatic nitrogens is 4. The van der Waals surface area contributed by atoms with Gasteiger partial charge in [-0.2, -0.15) is 4.80 Å². The average Bonchev–Trinajstić information content (AvgIpc) is 3.04. The first-order chi connectivity index (χ1) is 11.6. The summed E-state index contributed by atoms with van der Waals surface area (Å²) in [5.41, 5.74) is 1.80. The van der Waals surface area contributed by atoms with Crippen LogP contribution in [0.5, 0.6) is 0 Å². The number of hydrogen-bond acceptors (Lipinski definition) is 4. The van der Waals surface area contributed by atoms with E-state index in [9.17, 15) is 4.79 Å². The summed E-state index contributed by atoms with van der Waals surface area (Å²) < 4.78 is 0. The van der Waals surface area contributed by atoms with Gasteiger partial charge in [0.05, 0.1) is 6.04 Å². The minimum Gasteiger partial charge on any atom is -0.348 e. The minimum absolute atomic E-state index is 0.00470. The highest BCUT2D eigenvalue weighted by Crippen LogP contribution is 2.17. The predicted octanol–water partition coefficient (Wildman–Crippen LogP) is 2.87. The summed E-state index contributed by atoms with van der Waals surface area (Å²) in [6.45, 7) is 1.90. The van der Waals surface area contributed by atoms with E-state index >= 15 is 0 Å². The number of hydrogen-bond donors (Lipinski definition) is 1. The third kappa shape index (κ3) is 3.97. The molecule has 0 aliphatic carbocycles. The highest BCUT2D eigenvalue weighted by atomic mass is 35.5. The Morgan fingerprint density at radius 2 is 2.00 bits per heavy atom. The molecule has 6 nitrogen and oxygen atoms in total. The van der Waals surface area contributed by atoms with Crippen molar-refractivity contribution in [2.45, 2.75) is 19.5 Å². The van der Waals surface area contributed by atoms with E-state index in [4.69, 9.17) is 11.6 Å². The summed E-state index contributed by atoms with van der Waals surface area (Å²) in [5, 5.41) is 15.7. The maximum atomic E-state index is 12.2. The van der Waals surface area contributed by atoms with Crippen molar-refractivity contribution < 1.29 is 4.79 Å². The molecule has 1 atom stereocenters. The molecule has 0 radical (unpaired) electrons. The van der Waals surface area contributed by atoms with Gasteiger partial charge < -0.3 is 5.32 Å². The fourth-order valence-corrected chi connectivity index (χ4v) is 2.49. The Balaban J connectivity index is 1.62. The zero-order valence-corrected chi connectivity index (χ0v) is 13.8. The molecule has 0 aliphatic heterocycles. The van der Waals surface area contributed by atoms with Gasteiger partial charge in [-0.3, -0.25) is 4.79 Å². The first-order valence-electron chi connectivity index (χ1n) is 7.50. The molecule has 0 saturated carbocycles. The zero-order valence-electron chi connectivity index (χ0n) is 13.1. The summed E-state index contributed by atoms with van der Waals surface area (Å²) in [7, 11) is 0. The Hall–Kier alpha value is -2.73. The molecule has 0 bridgehead atoms. The smallest absolute Gasteiger partial charge is 0.244 e. The molecular weight excluding hydrogens is 326 g/mol. The molecule has 3 rings (SSSR count). The number of carbonyl (C=O) groups is 1. The molecule has 1 heterocycles. The fourth-order valence-electron chi connectivity index (χ4n) is 2.29. The van der Waals surface area contributed by atoms with Crippen LogP contribution in [0.3, 0.4) is 0 Å². The standard InChI is InChI=1S/C17H16ClN5O/c1-12(14-8-5-9-15(18)10-14)19-16(24)11-23-21-17(20-22-23)13-6-3-2-4-7-13/h2-10,12H,11H2,1H3,(H,19,24). The van der Waals surface area contributed by atoms with Crippen LogP contribution in [-0.4, -0.2) is 26.1 Å². The third-order valence-corrected chi connectivity index (χ3v) is 3.73. The summed E-state index contributed by atoms with van der Waals surface area (Å²) in [4.78, 5) is 13.4. The van der Waals surface area contributed by atoms with E-state index in [1.807, 2.05) is 55.5 Å². The van der Waals surface area contributed by atoms with Crippen LogP contribution in [0, 0.1) is 0 Å².